The summed E-state index contributed by atoms with van der Waals surface area (Å²) in [4.78, 5) is 4.54. The highest BCUT2D eigenvalue weighted by molar-refractivity contribution is 5.83. The molecule has 2 aromatic carbocycles. The zero-order chi connectivity index (χ0) is 20.9. The van der Waals surface area contributed by atoms with Gasteiger partial charge in [0.05, 0.1) is 6.04 Å². The Morgan fingerprint density at radius 2 is 1.72 bits per heavy atom. The Hall–Kier alpha value is -3.03. The van der Waals surface area contributed by atoms with Crippen LogP contribution in [0.1, 0.15) is 35.9 Å². The minimum Gasteiger partial charge on any atom is -0.424 e. The lowest BCUT2D eigenvalue weighted by molar-refractivity contribution is 0.428. The molecular weight excluding hydrogens is 364 g/mol. The van der Waals surface area contributed by atoms with Crippen LogP contribution in [0.15, 0.2) is 70.1 Å². The topological polar surface area (TPSA) is 101 Å². The van der Waals surface area contributed by atoms with Gasteiger partial charge in [0.2, 0.25) is 11.8 Å². The van der Waals surface area contributed by atoms with E-state index in [1.54, 1.807) is 0 Å². The number of hydrazine groups is 1. The summed E-state index contributed by atoms with van der Waals surface area (Å²) >= 11 is 0. The van der Waals surface area contributed by atoms with Gasteiger partial charge in [-0.15, -0.1) is 10.2 Å². The molecule has 4 N–H and O–H groups in total. The van der Waals surface area contributed by atoms with E-state index in [-0.39, 0.29) is 6.04 Å². The number of nitrogens with two attached hydrogens (primary N) is 1. The molecule has 1 heterocycles. The number of hydrogen-bond donors (Lipinski definition) is 3. The monoisotopic (exact) mass is 394 g/mol. The molecular formula is C22H30N6O. The second-order valence-electron chi connectivity index (χ2n) is 6.59. The Morgan fingerprint density at radius 3 is 2.24 bits per heavy atom. The third-order valence-electron chi connectivity index (χ3n) is 3.92. The maximum atomic E-state index is 5.69. The summed E-state index contributed by atoms with van der Waals surface area (Å²) in [5.41, 5.74) is 14.2. The Bertz CT molecular complexity index is 846. The van der Waals surface area contributed by atoms with Gasteiger partial charge in [-0.3, -0.25) is 4.99 Å². The van der Waals surface area contributed by atoms with Gasteiger partial charge in [-0.2, -0.15) is 0 Å². The largest absolute Gasteiger partial charge is 0.424 e. The van der Waals surface area contributed by atoms with Crippen molar-refractivity contribution in [3.05, 3.63) is 83.6 Å². The fraction of sp³-hybridized carbons (Fsp3) is 0.318. The molecule has 154 valence electrons. The fourth-order valence-corrected chi connectivity index (χ4v) is 2.45. The number of aryl methyl sites for hydroxylation is 1. The molecule has 0 bridgehead atoms. The first-order chi connectivity index (χ1) is 14.1. The lowest BCUT2D eigenvalue weighted by Crippen LogP contribution is -2.35. The smallest absolute Gasteiger partial charge is 0.232 e. The van der Waals surface area contributed by atoms with E-state index in [1.165, 1.54) is 11.1 Å². The van der Waals surface area contributed by atoms with Gasteiger partial charge < -0.3 is 15.6 Å². The first kappa shape index (κ1) is 22.3. The molecule has 0 aliphatic heterocycles. The van der Waals surface area contributed by atoms with Crippen molar-refractivity contribution < 1.29 is 4.42 Å². The highest BCUT2D eigenvalue weighted by Crippen LogP contribution is 2.08. The first-order valence-corrected chi connectivity index (χ1v) is 9.68. The van der Waals surface area contributed by atoms with Crippen molar-refractivity contribution in [2.75, 3.05) is 13.6 Å². The van der Waals surface area contributed by atoms with Crippen LogP contribution in [0.25, 0.3) is 0 Å². The second kappa shape index (κ2) is 12.4. The minimum absolute atomic E-state index is 0.246. The van der Waals surface area contributed by atoms with Crippen molar-refractivity contribution in [1.29, 1.82) is 0 Å². The maximum Gasteiger partial charge on any atom is 0.232 e. The van der Waals surface area contributed by atoms with Gasteiger partial charge in [0.25, 0.3) is 0 Å². The maximum absolute atomic E-state index is 5.69. The molecule has 0 amide bonds. The molecule has 7 nitrogen and oxygen atoms in total. The summed E-state index contributed by atoms with van der Waals surface area (Å²) < 4.78 is 5.45. The summed E-state index contributed by atoms with van der Waals surface area (Å²) in [6.07, 6.45) is 1.32. The molecule has 1 unspecified atom stereocenters. The molecule has 1 atom stereocenters. The van der Waals surface area contributed by atoms with Gasteiger partial charge >= 0.3 is 0 Å². The van der Waals surface area contributed by atoms with Crippen LogP contribution < -0.4 is 16.6 Å². The van der Waals surface area contributed by atoms with E-state index >= 15 is 0 Å². The van der Waals surface area contributed by atoms with Crippen LogP contribution in [0.2, 0.25) is 0 Å². The number of nitrogens with zero attached hydrogens (tertiary/aromatic N) is 3. The van der Waals surface area contributed by atoms with Crippen molar-refractivity contribution in [2.45, 2.75) is 32.7 Å². The quantitative estimate of drug-likeness (QED) is 0.323. The third-order valence-corrected chi connectivity index (χ3v) is 3.92. The number of hydrogen-bond acceptors (Lipinski definition) is 6. The van der Waals surface area contributed by atoms with Gasteiger partial charge in [0.15, 0.2) is 0 Å². The Balaban J connectivity index is 0.000000360. The molecule has 3 rings (SSSR count). The van der Waals surface area contributed by atoms with Gasteiger partial charge in [0, 0.05) is 26.4 Å². The predicted molar refractivity (Wildman–Crippen MR) is 116 cm³/mol. The molecule has 3 aromatic rings. The van der Waals surface area contributed by atoms with Gasteiger partial charge in [-0.25, -0.2) is 5.43 Å². The van der Waals surface area contributed by atoms with E-state index < -0.39 is 0 Å². The zero-order valence-corrected chi connectivity index (χ0v) is 17.3. The number of aromatic nitrogens is 2. The molecule has 0 aliphatic carbocycles. The number of rotatable bonds is 7. The van der Waals surface area contributed by atoms with Crippen molar-refractivity contribution in [1.82, 2.24) is 21.0 Å². The van der Waals surface area contributed by atoms with E-state index in [0.29, 0.717) is 24.7 Å². The van der Waals surface area contributed by atoms with E-state index in [1.807, 2.05) is 50.4 Å². The molecule has 7 heteroatoms. The zero-order valence-electron chi connectivity index (χ0n) is 17.3. The van der Waals surface area contributed by atoms with Crippen molar-refractivity contribution in [3.63, 3.8) is 0 Å². The molecule has 0 radical (unpaired) electrons. The van der Waals surface area contributed by atoms with E-state index in [4.69, 9.17) is 10.2 Å². The lowest BCUT2D eigenvalue weighted by Gasteiger charge is -2.08. The highest BCUT2D eigenvalue weighted by atomic mass is 16.4. The summed E-state index contributed by atoms with van der Waals surface area (Å²) in [6.45, 7) is 4.46. The van der Waals surface area contributed by atoms with Gasteiger partial charge in [-0.05, 0) is 19.4 Å². The summed E-state index contributed by atoms with van der Waals surface area (Å²) in [6, 6.07) is 20.2. The summed E-state index contributed by atoms with van der Waals surface area (Å²) in [5, 5.41) is 7.86. The molecule has 0 spiro atoms. The number of benzene rings is 2. The minimum atomic E-state index is -0.246. The van der Waals surface area contributed by atoms with Crippen LogP contribution in [0.4, 0.5) is 0 Å². The molecule has 1 aromatic heterocycles. The van der Waals surface area contributed by atoms with Crippen LogP contribution >= 0.6 is 0 Å². The number of aliphatic imine (C=N–C) groups is 1. The molecule has 0 saturated carbocycles. The average Bonchev–Trinajstić information content (AvgIpc) is 3.19. The van der Waals surface area contributed by atoms with Crippen molar-refractivity contribution >= 4 is 5.84 Å². The number of nitrogens with one attached hydrogen (secondary N) is 2. The lowest BCUT2D eigenvalue weighted by atomic mass is 10.1. The van der Waals surface area contributed by atoms with E-state index in [0.717, 1.165) is 12.3 Å². The summed E-state index contributed by atoms with van der Waals surface area (Å²) in [7, 11) is 1.81. The van der Waals surface area contributed by atoms with E-state index in [9.17, 15) is 0 Å². The fourth-order valence-electron chi connectivity index (χ4n) is 2.45. The summed E-state index contributed by atoms with van der Waals surface area (Å²) in [5.74, 6) is 1.87. The van der Waals surface area contributed by atoms with Crippen LogP contribution in [-0.4, -0.2) is 29.6 Å². The van der Waals surface area contributed by atoms with Crippen molar-refractivity contribution in [3.8, 4) is 0 Å². The molecule has 0 saturated heterocycles. The standard InChI is InChI=1S/C15H22N6O.C7H8/c1-11(16)15-21-20-14(22-15)8-9-18-13(19-17-2)10-12-6-4-3-5-7-12;1-7-5-3-2-4-6-7/h3-7,11,17H,8-10,16H2,1-2H3,(H,18,19);2-6H,1H3. The van der Waals surface area contributed by atoms with E-state index in [2.05, 4.69) is 57.2 Å². The first-order valence-electron chi connectivity index (χ1n) is 9.68. The van der Waals surface area contributed by atoms with Crippen molar-refractivity contribution in [2.24, 2.45) is 10.7 Å². The third kappa shape index (κ3) is 8.68. The average molecular weight is 395 g/mol. The SMILES string of the molecule is CNNC(Cc1ccccc1)=NCCc1nnc(C(C)N)o1.Cc1ccccc1. The predicted octanol–water partition coefficient (Wildman–Crippen LogP) is 2.99. The Labute approximate surface area is 172 Å². The second-order valence-corrected chi connectivity index (χ2v) is 6.59. The highest BCUT2D eigenvalue weighted by Gasteiger charge is 2.09. The molecule has 0 aliphatic rings. The molecule has 0 fully saturated rings. The normalized spacial score (nSPS) is 12.1. The van der Waals surface area contributed by atoms with Crippen LogP contribution in [0, 0.1) is 6.92 Å². The van der Waals surface area contributed by atoms with Gasteiger partial charge in [-0.1, -0.05) is 66.2 Å². The van der Waals surface area contributed by atoms with Crippen LogP contribution in [0.3, 0.4) is 0 Å². The number of amidine groups is 1. The van der Waals surface area contributed by atoms with Gasteiger partial charge in [0.1, 0.15) is 5.84 Å². The van der Waals surface area contributed by atoms with Crippen LogP contribution in [0.5, 0.6) is 0 Å². The Kier molecular flexibility index (Phi) is 9.54. The van der Waals surface area contributed by atoms with Crippen LogP contribution in [-0.2, 0) is 12.8 Å². The Morgan fingerprint density at radius 1 is 1.07 bits per heavy atom. The molecule has 29 heavy (non-hydrogen) atoms.